The van der Waals surface area contributed by atoms with Crippen LogP contribution in [0.25, 0.3) is 10.8 Å². The highest BCUT2D eigenvalue weighted by atomic mass is 32.2. The molecule has 0 unspecified atom stereocenters. The highest BCUT2D eigenvalue weighted by Crippen LogP contribution is 2.22. The van der Waals surface area contributed by atoms with Gasteiger partial charge in [0.1, 0.15) is 4.90 Å². The van der Waals surface area contributed by atoms with Crippen LogP contribution >= 0.6 is 0 Å². The van der Waals surface area contributed by atoms with Gasteiger partial charge in [0.05, 0.1) is 6.20 Å². The van der Waals surface area contributed by atoms with E-state index in [1.54, 1.807) is 30.5 Å². The first kappa shape index (κ1) is 12.6. The number of pyridine rings is 1. The zero-order valence-electron chi connectivity index (χ0n) is 10.4. The Morgan fingerprint density at radius 1 is 0.900 bits per heavy atom. The molecular weight excluding hydrogens is 274 g/mol. The minimum atomic E-state index is -3.84. The number of aromatic nitrogens is 1. The van der Waals surface area contributed by atoms with Gasteiger partial charge in [-0.3, -0.25) is 4.98 Å². The molecule has 0 N–H and O–H groups in total. The molecule has 0 saturated carbocycles. The van der Waals surface area contributed by atoms with Gasteiger partial charge in [0.25, 0.3) is 0 Å². The van der Waals surface area contributed by atoms with E-state index in [0.717, 1.165) is 10.8 Å². The Balaban J connectivity index is 2.01. The number of nitrogens with zero attached hydrogens (tertiary/aromatic N) is 1. The summed E-state index contributed by atoms with van der Waals surface area (Å²) in [7, 11) is -3.84. The molecule has 5 heteroatoms. The number of hydrogen-bond acceptors (Lipinski definition) is 4. The molecule has 0 radical (unpaired) electrons. The predicted octanol–water partition coefficient (Wildman–Crippen LogP) is 3.00. The fourth-order valence-electron chi connectivity index (χ4n) is 1.89. The molecule has 0 fully saturated rings. The van der Waals surface area contributed by atoms with Gasteiger partial charge in [-0.25, -0.2) is 0 Å². The maximum Gasteiger partial charge on any atom is 0.339 e. The van der Waals surface area contributed by atoms with E-state index in [4.69, 9.17) is 4.18 Å². The lowest BCUT2D eigenvalue weighted by Gasteiger charge is -2.07. The zero-order valence-corrected chi connectivity index (χ0v) is 11.2. The highest BCUT2D eigenvalue weighted by molar-refractivity contribution is 7.87. The molecule has 0 atom stereocenters. The normalized spacial score (nSPS) is 11.4. The lowest BCUT2D eigenvalue weighted by molar-refractivity contribution is 0.485. The first-order chi connectivity index (χ1) is 9.65. The van der Waals surface area contributed by atoms with Gasteiger partial charge < -0.3 is 4.18 Å². The van der Waals surface area contributed by atoms with Gasteiger partial charge in [0.2, 0.25) is 0 Å². The summed E-state index contributed by atoms with van der Waals surface area (Å²) in [5, 5.41) is 1.83. The van der Waals surface area contributed by atoms with Crippen molar-refractivity contribution >= 4 is 20.9 Å². The Kier molecular flexibility index (Phi) is 3.12. The average molecular weight is 285 g/mol. The molecule has 2 aromatic carbocycles. The van der Waals surface area contributed by atoms with Gasteiger partial charge in [-0.05, 0) is 35.0 Å². The quantitative estimate of drug-likeness (QED) is 0.694. The molecule has 0 aliphatic rings. The topological polar surface area (TPSA) is 56.3 Å². The highest BCUT2D eigenvalue weighted by Gasteiger charge is 2.16. The van der Waals surface area contributed by atoms with E-state index in [1.165, 1.54) is 12.3 Å². The maximum atomic E-state index is 12.2. The van der Waals surface area contributed by atoms with Crippen molar-refractivity contribution in [3.63, 3.8) is 0 Å². The average Bonchev–Trinajstić information content (AvgIpc) is 2.47. The summed E-state index contributed by atoms with van der Waals surface area (Å²) in [5.41, 5.74) is 0. The van der Waals surface area contributed by atoms with E-state index in [1.807, 2.05) is 24.3 Å². The minimum absolute atomic E-state index is 0.125. The minimum Gasteiger partial charge on any atom is -0.377 e. The SMILES string of the molecule is O=S(=O)(Oc1cccnc1)c1ccc2ccccc2c1. The third-order valence-electron chi connectivity index (χ3n) is 2.85. The van der Waals surface area contributed by atoms with Crippen LogP contribution in [0.4, 0.5) is 0 Å². The monoisotopic (exact) mass is 285 g/mol. The molecule has 20 heavy (non-hydrogen) atoms. The largest absolute Gasteiger partial charge is 0.377 e. The first-order valence-corrected chi connectivity index (χ1v) is 7.39. The molecule has 0 bridgehead atoms. The van der Waals surface area contributed by atoms with Crippen LogP contribution in [-0.4, -0.2) is 13.4 Å². The summed E-state index contributed by atoms with van der Waals surface area (Å²) in [4.78, 5) is 3.95. The Labute approximate surface area is 116 Å². The lowest BCUT2D eigenvalue weighted by atomic mass is 10.1. The van der Waals surface area contributed by atoms with Gasteiger partial charge >= 0.3 is 10.1 Å². The van der Waals surface area contributed by atoms with Crippen molar-refractivity contribution in [2.24, 2.45) is 0 Å². The fourth-order valence-corrected chi connectivity index (χ4v) is 2.85. The molecule has 0 amide bonds. The van der Waals surface area contributed by atoms with Crippen LogP contribution in [0.15, 0.2) is 71.9 Å². The maximum absolute atomic E-state index is 12.2. The van der Waals surface area contributed by atoms with Crippen LogP contribution in [0.3, 0.4) is 0 Å². The molecular formula is C15H11NO3S. The van der Waals surface area contributed by atoms with Crippen molar-refractivity contribution in [1.82, 2.24) is 4.98 Å². The van der Waals surface area contributed by atoms with E-state index in [9.17, 15) is 8.42 Å². The zero-order chi connectivity index (χ0) is 14.0. The van der Waals surface area contributed by atoms with E-state index in [2.05, 4.69) is 4.98 Å². The van der Waals surface area contributed by atoms with Crippen LogP contribution in [0.2, 0.25) is 0 Å². The van der Waals surface area contributed by atoms with Crippen molar-refractivity contribution in [3.8, 4) is 5.75 Å². The number of fused-ring (bicyclic) bond motifs is 1. The fraction of sp³-hybridized carbons (Fsp3) is 0. The first-order valence-electron chi connectivity index (χ1n) is 5.98. The van der Waals surface area contributed by atoms with Gasteiger partial charge in [0, 0.05) is 6.20 Å². The predicted molar refractivity (Wildman–Crippen MR) is 76.0 cm³/mol. The van der Waals surface area contributed by atoms with Crippen LogP contribution < -0.4 is 4.18 Å². The van der Waals surface area contributed by atoms with Crippen LogP contribution in [0, 0.1) is 0 Å². The summed E-state index contributed by atoms with van der Waals surface area (Å²) in [6.45, 7) is 0. The van der Waals surface area contributed by atoms with Gasteiger partial charge in [-0.15, -0.1) is 0 Å². The van der Waals surface area contributed by atoms with E-state index < -0.39 is 10.1 Å². The molecule has 0 aliphatic heterocycles. The Hall–Kier alpha value is -2.40. The third kappa shape index (κ3) is 2.48. The second-order valence-electron chi connectivity index (χ2n) is 4.24. The van der Waals surface area contributed by atoms with Crippen LogP contribution in [0.5, 0.6) is 5.75 Å². The third-order valence-corrected chi connectivity index (χ3v) is 4.09. The lowest BCUT2D eigenvalue weighted by Crippen LogP contribution is -2.09. The van der Waals surface area contributed by atoms with Crippen molar-refractivity contribution in [3.05, 3.63) is 67.0 Å². The van der Waals surface area contributed by atoms with E-state index in [0.29, 0.717) is 0 Å². The van der Waals surface area contributed by atoms with Gasteiger partial charge in [-0.1, -0.05) is 30.3 Å². The summed E-state index contributed by atoms with van der Waals surface area (Å²) >= 11 is 0. The Morgan fingerprint density at radius 2 is 1.70 bits per heavy atom. The summed E-state index contributed by atoms with van der Waals surface area (Å²) < 4.78 is 29.4. The molecule has 100 valence electrons. The van der Waals surface area contributed by atoms with Crippen molar-refractivity contribution in [2.45, 2.75) is 4.90 Å². The van der Waals surface area contributed by atoms with E-state index >= 15 is 0 Å². The number of hydrogen-bond donors (Lipinski definition) is 0. The Morgan fingerprint density at radius 3 is 2.45 bits per heavy atom. The second kappa shape index (κ2) is 4.94. The number of rotatable bonds is 3. The van der Waals surface area contributed by atoms with E-state index in [-0.39, 0.29) is 10.6 Å². The van der Waals surface area contributed by atoms with Crippen LogP contribution in [-0.2, 0) is 10.1 Å². The molecule has 1 aromatic heterocycles. The molecule has 3 aromatic rings. The number of benzene rings is 2. The molecule has 0 saturated heterocycles. The van der Waals surface area contributed by atoms with Crippen molar-refractivity contribution in [2.75, 3.05) is 0 Å². The van der Waals surface area contributed by atoms with Crippen LogP contribution in [0.1, 0.15) is 0 Å². The van der Waals surface area contributed by atoms with Gasteiger partial charge in [0.15, 0.2) is 5.75 Å². The standard InChI is InChI=1S/C15H11NO3S/c17-20(18,19-14-6-3-9-16-11-14)15-8-7-12-4-1-2-5-13(12)10-15/h1-11H. The van der Waals surface area contributed by atoms with Gasteiger partial charge in [-0.2, -0.15) is 8.42 Å². The van der Waals surface area contributed by atoms with Crippen molar-refractivity contribution < 1.29 is 12.6 Å². The molecule has 4 nitrogen and oxygen atoms in total. The van der Waals surface area contributed by atoms with Crippen molar-refractivity contribution in [1.29, 1.82) is 0 Å². The summed E-state index contributed by atoms with van der Waals surface area (Å²) in [6, 6.07) is 15.6. The molecule has 1 heterocycles. The molecule has 0 spiro atoms. The molecule has 0 aliphatic carbocycles. The Bertz CT molecular complexity index is 845. The summed E-state index contributed by atoms with van der Waals surface area (Å²) in [5.74, 6) is 0.195. The molecule has 3 rings (SSSR count). The summed E-state index contributed by atoms with van der Waals surface area (Å²) in [6.07, 6.45) is 2.91. The second-order valence-corrected chi connectivity index (χ2v) is 5.78. The smallest absolute Gasteiger partial charge is 0.339 e.